The van der Waals surface area contributed by atoms with Gasteiger partial charge in [0.2, 0.25) is 5.13 Å². The first-order valence-corrected chi connectivity index (χ1v) is 8.40. The number of amides is 1. The summed E-state index contributed by atoms with van der Waals surface area (Å²) in [6.07, 6.45) is 6.92. The maximum absolute atomic E-state index is 13.1. The Morgan fingerprint density at radius 1 is 1.23 bits per heavy atom. The number of benzene rings is 1. The lowest BCUT2D eigenvalue weighted by molar-refractivity contribution is 0.102. The Kier molecular flexibility index (Phi) is 6.45. The topological polar surface area (TPSA) is 54.9 Å². The molecule has 22 heavy (non-hydrogen) atoms. The van der Waals surface area contributed by atoms with Crippen LogP contribution in [0.2, 0.25) is 0 Å². The molecule has 1 amide bonds. The van der Waals surface area contributed by atoms with Crippen molar-refractivity contribution in [1.82, 2.24) is 10.2 Å². The fourth-order valence-electron chi connectivity index (χ4n) is 2.08. The van der Waals surface area contributed by atoms with Gasteiger partial charge in [0.15, 0.2) is 0 Å². The summed E-state index contributed by atoms with van der Waals surface area (Å²) in [6.45, 7) is 2.19. The molecule has 0 saturated heterocycles. The third-order valence-electron chi connectivity index (χ3n) is 3.27. The molecule has 0 bridgehead atoms. The molecule has 0 radical (unpaired) electrons. The molecule has 118 valence electrons. The van der Waals surface area contributed by atoms with E-state index in [9.17, 15) is 9.18 Å². The van der Waals surface area contributed by atoms with Crippen molar-refractivity contribution in [3.63, 3.8) is 0 Å². The predicted octanol–water partition coefficient (Wildman–Crippen LogP) is 4.44. The van der Waals surface area contributed by atoms with Crippen LogP contribution in [0.5, 0.6) is 0 Å². The number of nitrogens with one attached hydrogen (secondary N) is 1. The Labute approximate surface area is 133 Å². The molecule has 1 aromatic carbocycles. The van der Waals surface area contributed by atoms with Crippen molar-refractivity contribution in [2.24, 2.45) is 0 Å². The van der Waals surface area contributed by atoms with Gasteiger partial charge < -0.3 is 0 Å². The van der Waals surface area contributed by atoms with Crippen molar-refractivity contribution in [2.45, 2.75) is 45.4 Å². The van der Waals surface area contributed by atoms with Crippen LogP contribution in [0.3, 0.4) is 0 Å². The second kappa shape index (κ2) is 8.58. The molecule has 1 N–H and O–H groups in total. The molecule has 1 aromatic heterocycles. The standard InChI is InChI=1S/C16H20FN3OS/c1-2-3-4-5-6-10-14-19-20-16(22-14)18-15(21)12-8-7-9-13(17)11-12/h7-9,11H,2-6,10H2,1H3,(H,18,20,21). The molecule has 4 nitrogen and oxygen atoms in total. The van der Waals surface area contributed by atoms with Gasteiger partial charge in [-0.15, -0.1) is 10.2 Å². The molecular formula is C16H20FN3OS. The number of carbonyl (C=O) groups excluding carboxylic acids is 1. The third-order valence-corrected chi connectivity index (χ3v) is 4.17. The maximum Gasteiger partial charge on any atom is 0.257 e. The van der Waals surface area contributed by atoms with Crippen LogP contribution in [0.4, 0.5) is 9.52 Å². The first kappa shape index (κ1) is 16.5. The van der Waals surface area contributed by atoms with Crippen LogP contribution in [-0.2, 0) is 6.42 Å². The molecule has 0 saturated carbocycles. The van der Waals surface area contributed by atoms with Gasteiger partial charge in [0.1, 0.15) is 10.8 Å². The van der Waals surface area contributed by atoms with Crippen molar-refractivity contribution < 1.29 is 9.18 Å². The number of carbonyl (C=O) groups is 1. The molecule has 0 aliphatic carbocycles. The van der Waals surface area contributed by atoms with E-state index in [4.69, 9.17) is 0 Å². The van der Waals surface area contributed by atoms with E-state index in [0.29, 0.717) is 5.13 Å². The Morgan fingerprint density at radius 2 is 2.05 bits per heavy atom. The molecule has 0 atom stereocenters. The molecule has 1 heterocycles. The SMILES string of the molecule is CCCCCCCc1nnc(NC(=O)c2cccc(F)c2)s1. The number of nitrogens with zero attached hydrogens (tertiary/aromatic N) is 2. The fraction of sp³-hybridized carbons (Fsp3) is 0.438. The largest absolute Gasteiger partial charge is 0.296 e. The molecule has 0 fully saturated rings. The molecule has 2 rings (SSSR count). The predicted molar refractivity (Wildman–Crippen MR) is 86.7 cm³/mol. The van der Waals surface area contributed by atoms with Crippen molar-refractivity contribution in [3.8, 4) is 0 Å². The minimum Gasteiger partial charge on any atom is -0.296 e. The Hall–Kier alpha value is -1.82. The minimum atomic E-state index is -0.433. The van der Waals surface area contributed by atoms with Gasteiger partial charge >= 0.3 is 0 Å². The summed E-state index contributed by atoms with van der Waals surface area (Å²) >= 11 is 1.38. The lowest BCUT2D eigenvalue weighted by atomic mass is 10.1. The van der Waals surface area contributed by atoms with Crippen LogP contribution in [0, 0.1) is 5.82 Å². The molecule has 0 unspecified atom stereocenters. The highest BCUT2D eigenvalue weighted by Gasteiger charge is 2.10. The van der Waals surface area contributed by atoms with Gasteiger partial charge in [0, 0.05) is 12.0 Å². The van der Waals surface area contributed by atoms with Crippen molar-refractivity contribution >= 4 is 22.4 Å². The molecule has 0 aliphatic heterocycles. The van der Waals surface area contributed by atoms with E-state index in [-0.39, 0.29) is 11.5 Å². The minimum absolute atomic E-state index is 0.274. The van der Waals surface area contributed by atoms with Gasteiger partial charge in [0.05, 0.1) is 0 Å². The Balaban J connectivity index is 1.82. The first-order chi connectivity index (χ1) is 10.7. The number of halogens is 1. The number of aryl methyl sites for hydroxylation is 1. The number of hydrogen-bond donors (Lipinski definition) is 1. The third kappa shape index (κ3) is 5.18. The number of hydrogen-bond acceptors (Lipinski definition) is 4. The second-order valence-electron chi connectivity index (χ2n) is 5.13. The zero-order valence-corrected chi connectivity index (χ0v) is 13.5. The maximum atomic E-state index is 13.1. The van der Waals surface area contributed by atoms with Gasteiger partial charge in [0.25, 0.3) is 5.91 Å². The van der Waals surface area contributed by atoms with Gasteiger partial charge in [-0.25, -0.2) is 4.39 Å². The highest BCUT2D eigenvalue weighted by molar-refractivity contribution is 7.15. The average molecular weight is 321 g/mol. The van der Waals surface area contributed by atoms with Crippen LogP contribution < -0.4 is 5.32 Å². The first-order valence-electron chi connectivity index (χ1n) is 7.58. The highest BCUT2D eigenvalue weighted by atomic mass is 32.1. The molecular weight excluding hydrogens is 301 g/mol. The normalized spacial score (nSPS) is 10.6. The molecule has 2 aromatic rings. The second-order valence-corrected chi connectivity index (χ2v) is 6.19. The van der Waals surface area contributed by atoms with Crippen LogP contribution in [0.15, 0.2) is 24.3 Å². The van der Waals surface area contributed by atoms with Gasteiger partial charge in [-0.1, -0.05) is 50.0 Å². The van der Waals surface area contributed by atoms with Gasteiger partial charge in [-0.2, -0.15) is 0 Å². The smallest absolute Gasteiger partial charge is 0.257 e. The number of aromatic nitrogens is 2. The van der Waals surface area contributed by atoms with E-state index in [2.05, 4.69) is 22.4 Å². The average Bonchev–Trinajstić information content (AvgIpc) is 2.94. The van der Waals surface area contributed by atoms with Crippen molar-refractivity contribution in [2.75, 3.05) is 5.32 Å². The summed E-state index contributed by atoms with van der Waals surface area (Å²) in [5, 5.41) is 12.1. The summed E-state index contributed by atoms with van der Waals surface area (Å²) in [4.78, 5) is 12.0. The van der Waals surface area contributed by atoms with Gasteiger partial charge in [-0.05, 0) is 24.6 Å². The number of rotatable bonds is 8. The molecule has 0 spiro atoms. The van der Waals surface area contributed by atoms with E-state index in [1.807, 2.05) is 0 Å². The summed E-state index contributed by atoms with van der Waals surface area (Å²) in [5.41, 5.74) is 0.274. The van der Waals surface area contributed by atoms with Gasteiger partial charge in [-0.3, -0.25) is 10.1 Å². The molecule has 0 aliphatic rings. The zero-order valence-electron chi connectivity index (χ0n) is 12.6. The van der Waals surface area contributed by atoms with Crippen LogP contribution in [0.1, 0.15) is 54.4 Å². The highest BCUT2D eigenvalue weighted by Crippen LogP contribution is 2.19. The summed E-state index contributed by atoms with van der Waals surface area (Å²) < 4.78 is 13.1. The van der Waals surface area contributed by atoms with Crippen LogP contribution in [0.25, 0.3) is 0 Å². The van der Waals surface area contributed by atoms with Crippen LogP contribution in [-0.4, -0.2) is 16.1 Å². The Bertz CT molecular complexity index is 615. The lowest BCUT2D eigenvalue weighted by Gasteiger charge is -2.00. The number of anilines is 1. The zero-order chi connectivity index (χ0) is 15.8. The van der Waals surface area contributed by atoms with Crippen molar-refractivity contribution in [3.05, 3.63) is 40.7 Å². The summed E-state index contributed by atoms with van der Waals surface area (Å²) in [5.74, 6) is -0.803. The summed E-state index contributed by atoms with van der Waals surface area (Å²) in [6, 6.07) is 5.57. The van der Waals surface area contributed by atoms with Crippen molar-refractivity contribution in [1.29, 1.82) is 0 Å². The summed E-state index contributed by atoms with van der Waals surface area (Å²) in [7, 11) is 0. The quantitative estimate of drug-likeness (QED) is 0.731. The lowest BCUT2D eigenvalue weighted by Crippen LogP contribution is -2.11. The van der Waals surface area contributed by atoms with E-state index in [1.54, 1.807) is 6.07 Å². The van der Waals surface area contributed by atoms with E-state index in [1.165, 1.54) is 55.2 Å². The van der Waals surface area contributed by atoms with E-state index in [0.717, 1.165) is 17.8 Å². The van der Waals surface area contributed by atoms with Crippen LogP contribution >= 0.6 is 11.3 Å². The van der Waals surface area contributed by atoms with E-state index >= 15 is 0 Å². The number of unbranched alkanes of at least 4 members (excludes halogenated alkanes) is 4. The monoisotopic (exact) mass is 321 g/mol. The molecule has 6 heteroatoms. The van der Waals surface area contributed by atoms with E-state index < -0.39 is 5.82 Å². The Morgan fingerprint density at radius 3 is 2.82 bits per heavy atom. The fourth-order valence-corrected chi connectivity index (χ4v) is 2.86.